The second-order valence-corrected chi connectivity index (χ2v) is 6.89. The molecule has 1 aliphatic carbocycles. The summed E-state index contributed by atoms with van der Waals surface area (Å²) >= 11 is 3.38. The molecule has 0 spiro atoms. The minimum Gasteiger partial charge on any atom is -0.384 e. The van der Waals surface area contributed by atoms with Crippen molar-refractivity contribution in [3.63, 3.8) is 0 Å². The average Bonchev–Trinajstić information content (AvgIpc) is 3.20. The topological polar surface area (TPSA) is 53.1 Å². The highest BCUT2D eigenvalue weighted by Crippen LogP contribution is 2.37. The van der Waals surface area contributed by atoms with Crippen LogP contribution in [0.5, 0.6) is 0 Å². The van der Waals surface area contributed by atoms with Crippen LogP contribution in [-0.2, 0) is 6.54 Å². The first-order valence-electron chi connectivity index (χ1n) is 7.00. The minimum atomic E-state index is 0.158. The first kappa shape index (κ1) is 14.5. The van der Waals surface area contributed by atoms with Gasteiger partial charge < -0.3 is 10.6 Å². The smallest absolute Gasteiger partial charge is 0.126 e. The Labute approximate surface area is 133 Å². The maximum Gasteiger partial charge on any atom is 0.126 e. The SMILES string of the molecule is CSc1cccc(N(Cc2ccsc2)C2CC2)c1C(=N)N. The van der Waals surface area contributed by atoms with Crippen molar-refractivity contribution >= 4 is 34.6 Å². The summed E-state index contributed by atoms with van der Waals surface area (Å²) < 4.78 is 0. The predicted octanol–water partition coefficient (Wildman–Crippen LogP) is 3.92. The number of nitrogens with two attached hydrogens (primary N) is 1. The van der Waals surface area contributed by atoms with Crippen molar-refractivity contribution in [2.45, 2.75) is 30.3 Å². The van der Waals surface area contributed by atoms with Crippen LogP contribution in [-0.4, -0.2) is 18.1 Å². The summed E-state index contributed by atoms with van der Waals surface area (Å²) in [7, 11) is 0. The van der Waals surface area contributed by atoms with Gasteiger partial charge in [0.25, 0.3) is 0 Å². The lowest BCUT2D eigenvalue weighted by atomic mass is 10.1. The number of nitrogens with one attached hydrogen (secondary N) is 1. The Bertz CT molecular complexity index is 633. The minimum absolute atomic E-state index is 0.158. The van der Waals surface area contributed by atoms with E-state index in [9.17, 15) is 0 Å². The van der Waals surface area contributed by atoms with Crippen LogP contribution >= 0.6 is 23.1 Å². The van der Waals surface area contributed by atoms with Gasteiger partial charge in [-0.15, -0.1) is 11.8 Å². The zero-order chi connectivity index (χ0) is 14.8. The molecule has 1 aliphatic rings. The Hall–Kier alpha value is -1.46. The fourth-order valence-electron chi connectivity index (χ4n) is 2.58. The monoisotopic (exact) mass is 317 g/mol. The molecule has 0 aliphatic heterocycles. The standard InChI is InChI=1S/C16H19N3S2/c1-20-14-4-2-3-13(15(14)16(17)18)19(12-5-6-12)9-11-7-8-21-10-11/h2-4,7-8,10,12H,5-6,9H2,1H3,(H3,17,18). The molecule has 110 valence electrons. The van der Waals surface area contributed by atoms with Crippen LogP contribution in [0.25, 0.3) is 0 Å². The third kappa shape index (κ3) is 3.09. The summed E-state index contributed by atoms with van der Waals surface area (Å²) in [6, 6.07) is 8.96. The maximum absolute atomic E-state index is 7.96. The number of hydrogen-bond acceptors (Lipinski definition) is 4. The van der Waals surface area contributed by atoms with Crippen LogP contribution in [0, 0.1) is 5.41 Å². The summed E-state index contributed by atoms with van der Waals surface area (Å²) in [5, 5.41) is 12.3. The molecule has 0 atom stereocenters. The quantitative estimate of drug-likeness (QED) is 0.482. The number of benzene rings is 1. The van der Waals surface area contributed by atoms with E-state index in [0.29, 0.717) is 6.04 Å². The van der Waals surface area contributed by atoms with Crippen LogP contribution in [0.15, 0.2) is 39.9 Å². The number of nitrogens with zero attached hydrogens (tertiary/aromatic N) is 1. The van der Waals surface area contributed by atoms with Gasteiger partial charge in [-0.25, -0.2) is 0 Å². The molecule has 0 saturated heterocycles. The largest absolute Gasteiger partial charge is 0.384 e. The highest BCUT2D eigenvalue weighted by molar-refractivity contribution is 7.98. The van der Waals surface area contributed by atoms with Crippen molar-refractivity contribution in [1.82, 2.24) is 0 Å². The van der Waals surface area contributed by atoms with Gasteiger partial charge in [0.1, 0.15) is 5.84 Å². The Kier molecular flexibility index (Phi) is 4.22. The number of anilines is 1. The van der Waals surface area contributed by atoms with Crippen LogP contribution < -0.4 is 10.6 Å². The Balaban J connectivity index is 2.01. The maximum atomic E-state index is 7.96. The molecule has 1 aromatic carbocycles. The summed E-state index contributed by atoms with van der Waals surface area (Å²) in [4.78, 5) is 3.49. The van der Waals surface area contributed by atoms with Crippen molar-refractivity contribution in [1.29, 1.82) is 5.41 Å². The van der Waals surface area contributed by atoms with Gasteiger partial charge in [0, 0.05) is 23.2 Å². The Morgan fingerprint density at radius 3 is 2.81 bits per heavy atom. The van der Waals surface area contributed by atoms with E-state index in [1.807, 2.05) is 12.3 Å². The molecule has 5 heteroatoms. The molecule has 0 unspecified atom stereocenters. The molecular formula is C16H19N3S2. The van der Waals surface area contributed by atoms with Crippen molar-refractivity contribution < 1.29 is 0 Å². The highest BCUT2D eigenvalue weighted by Gasteiger charge is 2.31. The van der Waals surface area contributed by atoms with Crippen LogP contribution in [0.3, 0.4) is 0 Å². The zero-order valence-electron chi connectivity index (χ0n) is 12.0. The van der Waals surface area contributed by atoms with E-state index in [4.69, 9.17) is 11.1 Å². The molecule has 21 heavy (non-hydrogen) atoms. The fourth-order valence-corrected chi connectivity index (χ4v) is 3.87. The van der Waals surface area contributed by atoms with Crippen molar-refractivity contribution in [2.75, 3.05) is 11.2 Å². The molecule has 3 N–H and O–H groups in total. The lowest BCUT2D eigenvalue weighted by Crippen LogP contribution is -2.28. The van der Waals surface area contributed by atoms with Gasteiger partial charge in [0.15, 0.2) is 0 Å². The van der Waals surface area contributed by atoms with Gasteiger partial charge >= 0.3 is 0 Å². The number of thiophene rings is 1. The zero-order valence-corrected chi connectivity index (χ0v) is 13.6. The second-order valence-electron chi connectivity index (χ2n) is 5.26. The molecule has 0 radical (unpaired) electrons. The Morgan fingerprint density at radius 2 is 2.24 bits per heavy atom. The molecule has 3 nitrogen and oxygen atoms in total. The van der Waals surface area contributed by atoms with Crippen molar-refractivity contribution in [3.05, 3.63) is 46.2 Å². The van der Waals surface area contributed by atoms with Gasteiger partial charge in [-0.2, -0.15) is 11.3 Å². The number of hydrogen-bond donors (Lipinski definition) is 2. The van der Waals surface area contributed by atoms with E-state index in [1.54, 1.807) is 23.1 Å². The molecule has 1 heterocycles. The molecular weight excluding hydrogens is 298 g/mol. The van der Waals surface area contributed by atoms with E-state index in [-0.39, 0.29) is 5.84 Å². The number of thioether (sulfide) groups is 1. The van der Waals surface area contributed by atoms with E-state index in [1.165, 1.54) is 18.4 Å². The summed E-state index contributed by atoms with van der Waals surface area (Å²) in [5.41, 5.74) is 9.18. The fraction of sp³-hybridized carbons (Fsp3) is 0.312. The van der Waals surface area contributed by atoms with E-state index >= 15 is 0 Å². The third-order valence-electron chi connectivity index (χ3n) is 3.72. The normalized spacial score (nSPS) is 14.1. The summed E-state index contributed by atoms with van der Waals surface area (Å²) in [5.74, 6) is 0.158. The van der Waals surface area contributed by atoms with Gasteiger partial charge in [0.05, 0.1) is 5.56 Å². The number of rotatable bonds is 6. The van der Waals surface area contributed by atoms with Crippen molar-refractivity contribution in [2.24, 2.45) is 5.73 Å². The predicted molar refractivity (Wildman–Crippen MR) is 92.8 cm³/mol. The van der Waals surface area contributed by atoms with Gasteiger partial charge in [-0.1, -0.05) is 6.07 Å². The number of nitrogen functional groups attached to an aromatic ring is 1. The Morgan fingerprint density at radius 1 is 1.43 bits per heavy atom. The molecule has 2 aromatic rings. The van der Waals surface area contributed by atoms with Crippen LogP contribution in [0.1, 0.15) is 24.0 Å². The number of amidine groups is 1. The first-order chi connectivity index (χ1) is 10.2. The second kappa shape index (κ2) is 6.12. The summed E-state index contributed by atoms with van der Waals surface area (Å²) in [6.07, 6.45) is 4.49. The van der Waals surface area contributed by atoms with Gasteiger partial charge in [0.2, 0.25) is 0 Å². The molecule has 1 saturated carbocycles. The van der Waals surface area contributed by atoms with E-state index < -0.39 is 0 Å². The lowest BCUT2D eigenvalue weighted by molar-refractivity contribution is 0.794. The van der Waals surface area contributed by atoms with Gasteiger partial charge in [-0.05, 0) is 53.6 Å². The molecule has 1 fully saturated rings. The average molecular weight is 317 g/mol. The van der Waals surface area contributed by atoms with Crippen LogP contribution in [0.4, 0.5) is 5.69 Å². The van der Waals surface area contributed by atoms with E-state index in [2.05, 4.69) is 33.9 Å². The lowest BCUT2D eigenvalue weighted by Gasteiger charge is -2.27. The summed E-state index contributed by atoms with van der Waals surface area (Å²) in [6.45, 7) is 0.895. The molecule has 3 rings (SSSR count). The molecule has 0 amide bonds. The molecule has 1 aromatic heterocycles. The molecule has 0 bridgehead atoms. The van der Waals surface area contributed by atoms with Gasteiger partial charge in [-0.3, -0.25) is 5.41 Å². The third-order valence-corrected chi connectivity index (χ3v) is 5.24. The van der Waals surface area contributed by atoms with Crippen LogP contribution in [0.2, 0.25) is 0 Å². The highest BCUT2D eigenvalue weighted by atomic mass is 32.2. The first-order valence-corrected chi connectivity index (χ1v) is 9.16. The van der Waals surface area contributed by atoms with E-state index in [0.717, 1.165) is 22.7 Å². The van der Waals surface area contributed by atoms with Crippen molar-refractivity contribution in [3.8, 4) is 0 Å².